The quantitative estimate of drug-likeness (QED) is 0.0150. The van der Waals surface area contributed by atoms with Gasteiger partial charge in [0.05, 0.1) is 13.0 Å². The molecule has 1 fully saturated rings. The number of primary amides is 1. The summed E-state index contributed by atoms with van der Waals surface area (Å²) in [5.74, 6) is -18.7. The molecule has 0 radical (unpaired) electrons. The van der Waals surface area contributed by atoms with Crippen LogP contribution < -0.4 is 104 Å². The second-order valence-electron chi connectivity index (χ2n) is 25.8. The average molecular weight is 1500 g/mol. The maximum absolute atomic E-state index is 14.4. The minimum atomic E-state index is -1.90. The van der Waals surface area contributed by atoms with Gasteiger partial charge in [-0.1, -0.05) is 69.6 Å². The van der Waals surface area contributed by atoms with Crippen molar-refractivity contribution in [2.75, 3.05) is 44.2 Å². The summed E-state index contributed by atoms with van der Waals surface area (Å²) in [5.41, 5.74) is 34.0. The van der Waals surface area contributed by atoms with Crippen LogP contribution >= 0.6 is 21.6 Å². The van der Waals surface area contributed by atoms with Gasteiger partial charge in [0, 0.05) is 31.4 Å². The fraction of sp³-hybridized carbons (Fsp3) is 0.730. The molecule has 1 rings (SSSR count). The Morgan fingerprint density at radius 1 is 0.505 bits per heavy atom. The summed E-state index contributed by atoms with van der Waals surface area (Å²) < 4.78 is 0. The van der Waals surface area contributed by atoms with Gasteiger partial charge < -0.3 is 114 Å². The number of nitrogens with two attached hydrogens (primary N) is 6. The van der Waals surface area contributed by atoms with Crippen LogP contribution in [0, 0.1) is 17.8 Å². The van der Waals surface area contributed by atoms with Crippen molar-refractivity contribution in [3.05, 3.63) is 0 Å². The van der Waals surface area contributed by atoms with Gasteiger partial charge in [-0.2, -0.15) is 0 Å². The van der Waals surface area contributed by atoms with E-state index in [4.69, 9.17) is 34.4 Å². The molecule has 1 aliphatic heterocycles. The van der Waals surface area contributed by atoms with Crippen molar-refractivity contribution in [2.45, 2.75) is 231 Å². The molecule has 0 saturated carbocycles. The fourth-order valence-corrected chi connectivity index (χ4v) is 12.4. The predicted molar refractivity (Wildman–Crippen MR) is 383 cm³/mol. The number of carbonyl (C=O) groups excluding carboxylic acids is 14. The van der Waals surface area contributed by atoms with Gasteiger partial charge in [-0.15, -0.1) is 0 Å². The fourth-order valence-electron chi connectivity index (χ4n) is 10.1. The lowest BCUT2D eigenvalue weighted by atomic mass is 9.96. The molecule has 27 N–H and O–H groups in total. The van der Waals surface area contributed by atoms with Crippen LogP contribution in [0.3, 0.4) is 0 Å². The highest BCUT2D eigenvalue weighted by molar-refractivity contribution is 8.76. The molecule has 14 amide bonds. The van der Waals surface area contributed by atoms with E-state index < -0.39 is 205 Å². The Labute approximate surface area is 607 Å². The van der Waals surface area contributed by atoms with Crippen molar-refractivity contribution < 1.29 is 86.9 Å². The van der Waals surface area contributed by atoms with Gasteiger partial charge in [0.25, 0.3) is 0 Å². The molecule has 1 aliphatic rings. The second kappa shape index (κ2) is 49.9. The van der Waals surface area contributed by atoms with Gasteiger partial charge in [-0.3, -0.25) is 81.7 Å². The SMILES string of the molecule is CC[C@H](C)[C@@H]1NC(=O)[C@H](CC(C)C)NC(=O)[C@@H](NC(C)=O)CSSC[C@@H](C(N)=O)NC(=O)[C@H](CCC(=O)O)NC(=O)[C@H](C(C)C)NC(=O)[C@H](CCCCN)NC(=O)[C@H](CCCN=C(N)N)NC(=O)CNC(=O)[C@H](CC(=O)O)NC(=O)[C@H](CCCCN)NC(=O)[C@H](C)NC(=O)[C@H](CCCCN)NC1=O. The van der Waals surface area contributed by atoms with E-state index in [-0.39, 0.29) is 101 Å². The normalized spacial score (nSPS) is 24.9. The first-order valence-electron chi connectivity index (χ1n) is 34.5. The summed E-state index contributed by atoms with van der Waals surface area (Å²) in [4.78, 5) is 223. The molecule has 1 saturated heterocycles. The first-order chi connectivity index (χ1) is 48.5. The molecular formula is C63H112N20O18S2. The molecule has 584 valence electrons. The Kier molecular flexibility index (Phi) is 44.7. The van der Waals surface area contributed by atoms with Crippen molar-refractivity contribution in [3.63, 3.8) is 0 Å². The zero-order valence-electron chi connectivity index (χ0n) is 60.1. The van der Waals surface area contributed by atoms with Crippen molar-refractivity contribution in [2.24, 2.45) is 57.1 Å². The molecule has 103 heavy (non-hydrogen) atoms. The lowest BCUT2D eigenvalue weighted by Gasteiger charge is -2.30. The van der Waals surface area contributed by atoms with E-state index in [0.717, 1.165) is 28.5 Å². The van der Waals surface area contributed by atoms with Crippen LogP contribution in [0.4, 0.5) is 0 Å². The third kappa shape index (κ3) is 37.4. The molecule has 0 aromatic carbocycles. The Morgan fingerprint density at radius 2 is 0.942 bits per heavy atom. The first kappa shape index (κ1) is 92.4. The van der Waals surface area contributed by atoms with E-state index >= 15 is 0 Å². The standard InChI is InChI=1S/C63H112N20O18S2/c1-9-34(6)50-62(101)77-38(17-10-13-23-64)54(93)72-35(7)52(91)75-39(18-11-14-24-65)56(95)80-43(28-48(88)89)53(92)71-29-46(85)74-37(20-16-26-70-63(68)69)55(94)76-40(19-12-15-25-66)58(97)82-49(33(4)5)61(100)78-41(21-22-47(86)87)57(96)81-44(51(67)90)30-102-103-31-45(73-36(8)84)60(99)79-42(27-32(2)3)59(98)83-50/h32-35,37-45,49-50H,9-31,64-66H2,1-8H3,(H2,67,90)(H,71,92)(H,72,93)(H,73,84)(H,74,85)(H,75,91)(H,76,94)(H,77,101)(H,78,100)(H,79,99)(H,80,95)(H,81,96)(H,82,97)(H,83,98)(H,86,87)(H,88,89)(H4,68,69,70)/t34-,35-,37-,38-,39-,40-,41-,42-,43-,44-,45-,49-,50-/m0/s1. The maximum Gasteiger partial charge on any atom is 0.305 e. The minimum Gasteiger partial charge on any atom is -0.481 e. The van der Waals surface area contributed by atoms with Crippen LogP contribution in [0.2, 0.25) is 0 Å². The third-order valence-electron chi connectivity index (χ3n) is 16.1. The number of rotatable bonds is 28. The van der Waals surface area contributed by atoms with Crippen LogP contribution in [0.25, 0.3) is 0 Å². The topological polar surface area (TPSA) is 638 Å². The van der Waals surface area contributed by atoms with Gasteiger partial charge in [0.1, 0.15) is 72.5 Å². The molecule has 0 bridgehead atoms. The summed E-state index contributed by atoms with van der Waals surface area (Å²) >= 11 is 0. The number of hydrogen-bond acceptors (Lipinski definition) is 22. The highest BCUT2D eigenvalue weighted by Crippen LogP contribution is 2.24. The van der Waals surface area contributed by atoms with Gasteiger partial charge in [-0.05, 0) is 128 Å². The number of nitrogens with one attached hydrogen (secondary N) is 13. The zero-order chi connectivity index (χ0) is 78.1. The van der Waals surface area contributed by atoms with E-state index in [1.165, 1.54) is 20.8 Å². The van der Waals surface area contributed by atoms with Crippen molar-refractivity contribution in [3.8, 4) is 0 Å². The molecule has 0 aliphatic carbocycles. The molecule has 0 spiro atoms. The lowest BCUT2D eigenvalue weighted by Crippen LogP contribution is -2.61. The van der Waals surface area contributed by atoms with Crippen LogP contribution in [0.5, 0.6) is 0 Å². The monoisotopic (exact) mass is 1500 g/mol. The number of nitrogens with zero attached hydrogens (tertiary/aromatic N) is 1. The number of carboxylic acids is 2. The van der Waals surface area contributed by atoms with Gasteiger partial charge in [-0.25, -0.2) is 0 Å². The van der Waals surface area contributed by atoms with Crippen LogP contribution in [0.1, 0.15) is 158 Å². The first-order valence-corrected chi connectivity index (χ1v) is 37.0. The molecule has 40 heteroatoms. The number of aliphatic carboxylic acids is 2. The van der Waals surface area contributed by atoms with Gasteiger partial charge in [0.2, 0.25) is 82.7 Å². The highest BCUT2D eigenvalue weighted by atomic mass is 33.1. The number of hydrogen-bond donors (Lipinski definition) is 21. The maximum atomic E-state index is 14.4. The Morgan fingerprint density at radius 3 is 1.43 bits per heavy atom. The summed E-state index contributed by atoms with van der Waals surface area (Å²) in [6, 6.07) is -17.9. The van der Waals surface area contributed by atoms with Crippen LogP contribution in [-0.2, 0) is 76.7 Å². The second-order valence-corrected chi connectivity index (χ2v) is 28.3. The van der Waals surface area contributed by atoms with E-state index in [1.54, 1.807) is 27.7 Å². The zero-order valence-corrected chi connectivity index (χ0v) is 61.7. The Balaban J connectivity index is 4.16. The molecule has 0 aromatic heterocycles. The smallest absolute Gasteiger partial charge is 0.305 e. The van der Waals surface area contributed by atoms with Crippen LogP contribution in [-0.4, -0.2) is 228 Å². The van der Waals surface area contributed by atoms with Gasteiger partial charge in [0.15, 0.2) is 5.96 Å². The molecule has 38 nitrogen and oxygen atoms in total. The highest BCUT2D eigenvalue weighted by Gasteiger charge is 2.38. The van der Waals surface area contributed by atoms with Crippen molar-refractivity contribution in [1.29, 1.82) is 0 Å². The van der Waals surface area contributed by atoms with Crippen molar-refractivity contribution >= 4 is 122 Å². The van der Waals surface area contributed by atoms with E-state index in [2.05, 4.69) is 74.1 Å². The number of carbonyl (C=O) groups is 16. The molecule has 0 aromatic rings. The number of amides is 14. The largest absolute Gasteiger partial charge is 0.481 e. The van der Waals surface area contributed by atoms with Crippen molar-refractivity contribution in [1.82, 2.24) is 69.1 Å². The van der Waals surface area contributed by atoms with E-state index in [1.807, 2.05) is 0 Å². The average Bonchev–Trinajstić information content (AvgIpc) is 0.865. The molecule has 0 unspecified atom stereocenters. The summed E-state index contributed by atoms with van der Waals surface area (Å²) in [7, 11) is 1.85. The number of unbranched alkanes of at least 4 members (excludes halogenated alkanes) is 3. The summed E-state index contributed by atoms with van der Waals surface area (Å²) in [5, 5.41) is 52.3. The number of aliphatic imine (C=N–C) groups is 1. The third-order valence-corrected chi connectivity index (χ3v) is 18.5. The molecule has 1 heterocycles. The predicted octanol–water partition coefficient (Wildman–Crippen LogP) is -5.63. The summed E-state index contributed by atoms with van der Waals surface area (Å²) in [6.45, 7) is 11.9. The van der Waals surface area contributed by atoms with E-state index in [0.29, 0.717) is 32.1 Å². The number of guanidine groups is 1. The Bertz CT molecular complexity index is 2890. The van der Waals surface area contributed by atoms with Crippen LogP contribution in [0.15, 0.2) is 4.99 Å². The molecule has 13 atom stereocenters. The van der Waals surface area contributed by atoms with E-state index in [9.17, 15) is 86.9 Å². The minimum absolute atomic E-state index is 0.0148. The lowest BCUT2D eigenvalue weighted by molar-refractivity contribution is -0.141. The number of carboxylic acid groups (broad SMARTS) is 2. The molecular weight excluding hydrogens is 1390 g/mol. The summed E-state index contributed by atoms with van der Waals surface area (Å²) in [6.07, 6.45) is -0.564. The Hall–Kier alpha value is -8.63. The van der Waals surface area contributed by atoms with Gasteiger partial charge >= 0.3 is 11.9 Å².